The molecule has 1 aliphatic heterocycles. The highest BCUT2D eigenvalue weighted by Crippen LogP contribution is 2.22. The van der Waals surface area contributed by atoms with Crippen LogP contribution in [-0.4, -0.2) is 60.4 Å². The van der Waals surface area contributed by atoms with E-state index in [9.17, 15) is 9.59 Å². The molecular formula is C22H35N3O2. The van der Waals surface area contributed by atoms with Crippen molar-refractivity contribution in [2.45, 2.75) is 53.0 Å². The summed E-state index contributed by atoms with van der Waals surface area (Å²) in [4.78, 5) is 29.4. The number of rotatable bonds is 5. The van der Waals surface area contributed by atoms with Crippen LogP contribution >= 0.6 is 0 Å². The average molecular weight is 374 g/mol. The molecule has 1 aliphatic rings. The van der Waals surface area contributed by atoms with E-state index in [1.165, 1.54) is 5.56 Å². The van der Waals surface area contributed by atoms with Gasteiger partial charge in [0.25, 0.3) is 5.91 Å². The molecule has 0 radical (unpaired) electrons. The fourth-order valence-electron chi connectivity index (χ4n) is 3.40. The van der Waals surface area contributed by atoms with Gasteiger partial charge in [0.2, 0.25) is 5.91 Å². The SMILES string of the molecule is CC(C)CN1CCN(C(=O)C(C)NC(=O)c2ccc(C(C)(C)C)cc2)CC1. The second kappa shape index (κ2) is 8.87. The quantitative estimate of drug-likeness (QED) is 0.863. The first kappa shape index (κ1) is 21.4. The van der Waals surface area contributed by atoms with Crippen LogP contribution in [0, 0.1) is 5.92 Å². The average Bonchev–Trinajstić information content (AvgIpc) is 2.60. The lowest BCUT2D eigenvalue weighted by atomic mass is 9.86. The Balaban J connectivity index is 1.88. The van der Waals surface area contributed by atoms with E-state index in [1.54, 1.807) is 6.92 Å². The van der Waals surface area contributed by atoms with Crippen LogP contribution in [0.1, 0.15) is 57.5 Å². The smallest absolute Gasteiger partial charge is 0.251 e. The minimum absolute atomic E-state index is 0.00106. The van der Waals surface area contributed by atoms with Gasteiger partial charge in [-0.3, -0.25) is 14.5 Å². The first-order chi connectivity index (χ1) is 12.6. The molecule has 1 saturated heterocycles. The predicted molar refractivity (Wildman–Crippen MR) is 110 cm³/mol. The molecular weight excluding hydrogens is 338 g/mol. The van der Waals surface area contributed by atoms with Gasteiger partial charge >= 0.3 is 0 Å². The number of nitrogens with zero attached hydrogens (tertiary/aromatic N) is 2. The maximum absolute atomic E-state index is 12.7. The van der Waals surface area contributed by atoms with Gasteiger partial charge in [-0.2, -0.15) is 0 Å². The van der Waals surface area contributed by atoms with Gasteiger partial charge in [-0.1, -0.05) is 46.8 Å². The van der Waals surface area contributed by atoms with Crippen molar-refractivity contribution in [3.05, 3.63) is 35.4 Å². The molecule has 27 heavy (non-hydrogen) atoms. The third-order valence-electron chi connectivity index (χ3n) is 5.04. The maximum Gasteiger partial charge on any atom is 0.251 e. The van der Waals surface area contributed by atoms with Gasteiger partial charge in [0, 0.05) is 38.3 Å². The summed E-state index contributed by atoms with van der Waals surface area (Å²) in [7, 11) is 0. The third kappa shape index (κ3) is 6.06. The second-order valence-electron chi connectivity index (χ2n) is 9.04. The molecule has 5 heteroatoms. The highest BCUT2D eigenvalue weighted by molar-refractivity contribution is 5.97. The number of hydrogen-bond acceptors (Lipinski definition) is 3. The molecule has 0 saturated carbocycles. The lowest BCUT2D eigenvalue weighted by Gasteiger charge is -2.36. The summed E-state index contributed by atoms with van der Waals surface area (Å²) in [5.74, 6) is 0.434. The minimum Gasteiger partial charge on any atom is -0.341 e. The Bertz CT molecular complexity index is 639. The Morgan fingerprint density at radius 1 is 1.00 bits per heavy atom. The topological polar surface area (TPSA) is 52.6 Å². The van der Waals surface area contributed by atoms with E-state index in [0.717, 1.165) is 32.7 Å². The number of benzene rings is 1. The standard InChI is InChI=1S/C22H35N3O2/c1-16(2)15-24-11-13-25(14-12-24)21(27)17(3)23-20(26)18-7-9-19(10-8-18)22(4,5)6/h7-10,16-17H,11-15H2,1-6H3,(H,23,26). The second-order valence-corrected chi connectivity index (χ2v) is 9.04. The summed E-state index contributed by atoms with van der Waals surface area (Å²) >= 11 is 0. The largest absolute Gasteiger partial charge is 0.341 e. The van der Waals surface area contributed by atoms with Crippen molar-refractivity contribution in [1.82, 2.24) is 15.1 Å². The molecule has 0 aromatic heterocycles. The molecule has 1 N–H and O–H groups in total. The van der Waals surface area contributed by atoms with Gasteiger partial charge in [-0.15, -0.1) is 0 Å². The number of nitrogens with one attached hydrogen (secondary N) is 1. The molecule has 2 amide bonds. The van der Waals surface area contributed by atoms with Gasteiger partial charge in [-0.25, -0.2) is 0 Å². The number of hydrogen-bond donors (Lipinski definition) is 1. The molecule has 0 aliphatic carbocycles. The fraction of sp³-hybridized carbons (Fsp3) is 0.636. The number of carbonyl (C=O) groups excluding carboxylic acids is 2. The molecule has 1 aromatic carbocycles. The van der Waals surface area contributed by atoms with Crippen LogP contribution in [0.4, 0.5) is 0 Å². The third-order valence-corrected chi connectivity index (χ3v) is 5.04. The number of amides is 2. The first-order valence-corrected chi connectivity index (χ1v) is 10.0. The molecule has 0 bridgehead atoms. The fourth-order valence-corrected chi connectivity index (χ4v) is 3.40. The number of piperazine rings is 1. The van der Waals surface area contributed by atoms with Crippen LogP contribution < -0.4 is 5.32 Å². The van der Waals surface area contributed by atoms with Crippen LogP contribution in [0.15, 0.2) is 24.3 Å². The van der Waals surface area contributed by atoms with E-state index >= 15 is 0 Å². The molecule has 150 valence electrons. The highest BCUT2D eigenvalue weighted by Gasteiger charge is 2.26. The molecule has 1 aromatic rings. The summed E-state index contributed by atoms with van der Waals surface area (Å²) in [6.07, 6.45) is 0. The van der Waals surface area contributed by atoms with E-state index in [4.69, 9.17) is 0 Å². The van der Waals surface area contributed by atoms with Gasteiger partial charge in [0.15, 0.2) is 0 Å². The minimum atomic E-state index is -0.517. The molecule has 1 fully saturated rings. The summed E-state index contributed by atoms with van der Waals surface area (Å²) in [6, 6.07) is 7.11. The Morgan fingerprint density at radius 2 is 1.56 bits per heavy atom. The highest BCUT2D eigenvalue weighted by atomic mass is 16.2. The number of carbonyl (C=O) groups is 2. The van der Waals surface area contributed by atoms with Crippen molar-refractivity contribution in [3.8, 4) is 0 Å². The Kier molecular flexibility index (Phi) is 7.04. The zero-order chi connectivity index (χ0) is 20.2. The zero-order valence-electron chi connectivity index (χ0n) is 17.7. The van der Waals surface area contributed by atoms with Crippen molar-refractivity contribution in [3.63, 3.8) is 0 Å². The predicted octanol–water partition coefficient (Wildman–Crippen LogP) is 2.90. The van der Waals surface area contributed by atoms with Gasteiger partial charge in [-0.05, 0) is 36.0 Å². The maximum atomic E-state index is 12.7. The van der Waals surface area contributed by atoms with Crippen LogP contribution in [0.5, 0.6) is 0 Å². The summed E-state index contributed by atoms with van der Waals surface area (Å²) in [5, 5.41) is 2.85. The van der Waals surface area contributed by atoms with Crippen LogP contribution in [-0.2, 0) is 10.2 Å². The van der Waals surface area contributed by atoms with Crippen molar-refractivity contribution in [2.24, 2.45) is 5.92 Å². The molecule has 2 rings (SSSR count). The molecule has 1 unspecified atom stereocenters. The normalized spacial score (nSPS) is 17.1. The summed E-state index contributed by atoms with van der Waals surface area (Å²) in [6.45, 7) is 16.9. The lowest BCUT2D eigenvalue weighted by molar-refractivity contribution is -0.134. The van der Waals surface area contributed by atoms with Crippen LogP contribution in [0.3, 0.4) is 0 Å². The van der Waals surface area contributed by atoms with E-state index in [2.05, 4.69) is 44.8 Å². The molecule has 1 atom stereocenters. The Hall–Kier alpha value is -1.88. The van der Waals surface area contributed by atoms with Gasteiger partial charge < -0.3 is 10.2 Å². The van der Waals surface area contributed by atoms with E-state index in [0.29, 0.717) is 11.5 Å². The van der Waals surface area contributed by atoms with Crippen LogP contribution in [0.2, 0.25) is 0 Å². The van der Waals surface area contributed by atoms with Crippen molar-refractivity contribution < 1.29 is 9.59 Å². The summed E-state index contributed by atoms with van der Waals surface area (Å²) < 4.78 is 0. The first-order valence-electron chi connectivity index (χ1n) is 10.0. The van der Waals surface area contributed by atoms with E-state index in [1.807, 2.05) is 29.2 Å². The summed E-state index contributed by atoms with van der Waals surface area (Å²) in [5.41, 5.74) is 1.82. The monoisotopic (exact) mass is 373 g/mol. The van der Waals surface area contributed by atoms with E-state index < -0.39 is 6.04 Å². The van der Waals surface area contributed by atoms with Gasteiger partial charge in [0.1, 0.15) is 6.04 Å². The lowest BCUT2D eigenvalue weighted by Crippen LogP contribution is -2.54. The molecule has 1 heterocycles. The Labute approximate surface area is 164 Å². The van der Waals surface area contributed by atoms with E-state index in [-0.39, 0.29) is 17.2 Å². The van der Waals surface area contributed by atoms with Crippen molar-refractivity contribution in [1.29, 1.82) is 0 Å². The zero-order valence-corrected chi connectivity index (χ0v) is 17.7. The Morgan fingerprint density at radius 3 is 2.04 bits per heavy atom. The van der Waals surface area contributed by atoms with Crippen molar-refractivity contribution in [2.75, 3.05) is 32.7 Å². The van der Waals surface area contributed by atoms with Gasteiger partial charge in [0.05, 0.1) is 0 Å². The molecule has 0 spiro atoms. The van der Waals surface area contributed by atoms with Crippen molar-refractivity contribution >= 4 is 11.8 Å². The molecule has 5 nitrogen and oxygen atoms in total. The van der Waals surface area contributed by atoms with Crippen LogP contribution in [0.25, 0.3) is 0 Å².